The monoisotopic (exact) mass is 377 g/mol. The normalized spacial score (nSPS) is 10.9. The van der Waals surface area contributed by atoms with Crippen molar-refractivity contribution < 1.29 is 15.0 Å². The standard InChI is InChI=1S/C18H15N7O3/c26-11(9-16-20-23-24-21-16)10-25-18(13-6-2-4-8-15(13)28)19-17(22-25)12-5-1-3-7-14(12)27/h1-8,27-28H,9-10H2,(H,20,21,23,24). The molecule has 0 saturated carbocycles. The van der Waals surface area contributed by atoms with E-state index in [9.17, 15) is 15.0 Å². The summed E-state index contributed by atoms with van der Waals surface area (Å²) in [6.45, 7) is -0.112. The minimum Gasteiger partial charge on any atom is -0.507 e. The van der Waals surface area contributed by atoms with E-state index in [0.717, 1.165) is 0 Å². The highest BCUT2D eigenvalue weighted by Crippen LogP contribution is 2.31. The molecule has 28 heavy (non-hydrogen) atoms. The van der Waals surface area contributed by atoms with Gasteiger partial charge in [-0.2, -0.15) is 5.21 Å². The Balaban J connectivity index is 1.74. The molecule has 2 aromatic heterocycles. The van der Waals surface area contributed by atoms with E-state index in [0.29, 0.717) is 17.0 Å². The number of aromatic nitrogens is 7. The van der Waals surface area contributed by atoms with Crippen molar-refractivity contribution in [2.45, 2.75) is 13.0 Å². The van der Waals surface area contributed by atoms with Gasteiger partial charge in [0.05, 0.1) is 17.5 Å². The first-order valence-corrected chi connectivity index (χ1v) is 8.37. The average Bonchev–Trinajstić information content (AvgIpc) is 3.33. The second kappa shape index (κ2) is 7.27. The van der Waals surface area contributed by atoms with Gasteiger partial charge >= 0.3 is 0 Å². The van der Waals surface area contributed by atoms with Crippen LogP contribution in [0.15, 0.2) is 48.5 Å². The van der Waals surface area contributed by atoms with E-state index in [-0.39, 0.29) is 41.9 Å². The summed E-state index contributed by atoms with van der Waals surface area (Å²) in [6, 6.07) is 13.3. The average molecular weight is 377 g/mol. The zero-order chi connectivity index (χ0) is 19.5. The maximum absolute atomic E-state index is 12.4. The van der Waals surface area contributed by atoms with Crippen LogP contribution in [0.1, 0.15) is 5.82 Å². The topological polar surface area (TPSA) is 143 Å². The highest BCUT2D eigenvalue weighted by Gasteiger charge is 2.20. The Labute approximate surface area is 158 Å². The maximum atomic E-state index is 12.4. The molecule has 2 aromatic carbocycles. The molecule has 10 nitrogen and oxygen atoms in total. The molecule has 0 spiro atoms. The lowest BCUT2D eigenvalue weighted by Crippen LogP contribution is -2.15. The van der Waals surface area contributed by atoms with Gasteiger partial charge in [0.1, 0.15) is 18.0 Å². The van der Waals surface area contributed by atoms with Crippen LogP contribution in [0, 0.1) is 0 Å². The Morgan fingerprint density at radius 2 is 1.68 bits per heavy atom. The Hall–Kier alpha value is -4.08. The van der Waals surface area contributed by atoms with Crippen molar-refractivity contribution in [2.24, 2.45) is 0 Å². The summed E-state index contributed by atoms with van der Waals surface area (Å²) in [5.41, 5.74) is 0.840. The molecule has 0 radical (unpaired) electrons. The van der Waals surface area contributed by atoms with Gasteiger partial charge in [-0.05, 0) is 24.3 Å². The molecule has 0 aliphatic carbocycles. The molecule has 140 valence electrons. The van der Waals surface area contributed by atoms with E-state index in [1.807, 2.05) is 0 Å². The summed E-state index contributed by atoms with van der Waals surface area (Å²) >= 11 is 0. The highest BCUT2D eigenvalue weighted by molar-refractivity contribution is 5.81. The van der Waals surface area contributed by atoms with Crippen LogP contribution in [0.4, 0.5) is 0 Å². The molecule has 3 N–H and O–H groups in total. The van der Waals surface area contributed by atoms with Crippen molar-refractivity contribution in [1.82, 2.24) is 35.4 Å². The smallest absolute Gasteiger partial charge is 0.185 e. The third-order valence-electron chi connectivity index (χ3n) is 4.03. The van der Waals surface area contributed by atoms with Crippen molar-refractivity contribution in [3.8, 4) is 34.3 Å². The van der Waals surface area contributed by atoms with Crippen LogP contribution in [0.2, 0.25) is 0 Å². The molecule has 0 aliphatic heterocycles. The van der Waals surface area contributed by atoms with E-state index in [2.05, 4.69) is 30.7 Å². The molecule has 0 fully saturated rings. The van der Waals surface area contributed by atoms with E-state index < -0.39 is 0 Å². The Morgan fingerprint density at radius 1 is 1.00 bits per heavy atom. The molecule has 0 saturated heterocycles. The van der Waals surface area contributed by atoms with E-state index >= 15 is 0 Å². The summed E-state index contributed by atoms with van der Waals surface area (Å²) in [4.78, 5) is 16.9. The number of tetrazole rings is 1. The van der Waals surface area contributed by atoms with Gasteiger partial charge in [0.2, 0.25) is 0 Å². The third-order valence-corrected chi connectivity index (χ3v) is 4.03. The molecule has 0 aliphatic rings. The number of Topliss-reactive ketones (excluding diaryl/α,β-unsaturated/α-hetero) is 1. The Morgan fingerprint density at radius 3 is 2.32 bits per heavy atom. The number of para-hydroxylation sites is 2. The molecular formula is C18H15N7O3. The number of phenols is 2. The van der Waals surface area contributed by atoms with Crippen molar-refractivity contribution in [3.05, 3.63) is 54.4 Å². The summed E-state index contributed by atoms with van der Waals surface area (Å²) in [5, 5.41) is 38.0. The number of aromatic hydroxyl groups is 2. The molecule has 4 aromatic rings. The number of nitrogens with one attached hydrogen (secondary N) is 1. The number of carbonyl (C=O) groups excluding carboxylic acids is 1. The lowest BCUT2D eigenvalue weighted by molar-refractivity contribution is -0.119. The predicted octanol–water partition coefficient (Wildman–Crippen LogP) is 1.35. The molecule has 10 heteroatoms. The summed E-state index contributed by atoms with van der Waals surface area (Å²) in [6.07, 6.45) is -0.0253. The number of H-pyrrole nitrogens is 1. The fourth-order valence-corrected chi connectivity index (χ4v) is 2.75. The number of aromatic amines is 1. The largest absolute Gasteiger partial charge is 0.507 e. The van der Waals surface area contributed by atoms with Gasteiger partial charge in [-0.1, -0.05) is 29.5 Å². The van der Waals surface area contributed by atoms with Crippen LogP contribution in [-0.2, 0) is 17.8 Å². The van der Waals surface area contributed by atoms with Crippen LogP contribution >= 0.6 is 0 Å². The Kier molecular flexibility index (Phi) is 4.50. The highest BCUT2D eigenvalue weighted by atomic mass is 16.3. The molecule has 0 atom stereocenters. The van der Waals surface area contributed by atoms with Crippen molar-refractivity contribution >= 4 is 5.78 Å². The number of nitrogens with zero attached hydrogens (tertiary/aromatic N) is 6. The number of hydrogen-bond donors (Lipinski definition) is 3. The van der Waals surface area contributed by atoms with Crippen LogP contribution in [-0.4, -0.2) is 51.4 Å². The molecule has 4 rings (SSSR count). The maximum Gasteiger partial charge on any atom is 0.185 e. The molecular weight excluding hydrogens is 362 g/mol. The van der Waals surface area contributed by atoms with Crippen molar-refractivity contribution in [2.75, 3.05) is 0 Å². The molecule has 2 heterocycles. The van der Waals surface area contributed by atoms with Gasteiger partial charge in [0.25, 0.3) is 0 Å². The number of phenolic OH excluding ortho intramolecular Hbond substituents is 2. The minimum atomic E-state index is -0.216. The summed E-state index contributed by atoms with van der Waals surface area (Å²) in [7, 11) is 0. The van der Waals surface area contributed by atoms with E-state index in [1.165, 1.54) is 16.8 Å². The number of benzene rings is 2. The van der Waals surface area contributed by atoms with Gasteiger partial charge in [-0.15, -0.1) is 15.3 Å². The fourth-order valence-electron chi connectivity index (χ4n) is 2.75. The zero-order valence-electron chi connectivity index (χ0n) is 14.5. The summed E-state index contributed by atoms with van der Waals surface area (Å²) < 4.78 is 1.39. The van der Waals surface area contributed by atoms with Gasteiger partial charge < -0.3 is 10.2 Å². The zero-order valence-corrected chi connectivity index (χ0v) is 14.5. The Bertz CT molecular complexity index is 1120. The SMILES string of the molecule is O=C(Cc1nn[nH]n1)Cn1nc(-c2ccccc2O)nc1-c1ccccc1O. The van der Waals surface area contributed by atoms with Crippen LogP contribution < -0.4 is 0 Å². The minimum absolute atomic E-state index is 0.00519. The number of rotatable bonds is 6. The van der Waals surface area contributed by atoms with E-state index in [1.54, 1.807) is 36.4 Å². The second-order valence-electron chi connectivity index (χ2n) is 5.99. The first-order chi connectivity index (χ1) is 13.6. The quantitative estimate of drug-likeness (QED) is 0.457. The van der Waals surface area contributed by atoms with Crippen LogP contribution in [0.5, 0.6) is 11.5 Å². The van der Waals surface area contributed by atoms with E-state index in [4.69, 9.17) is 0 Å². The molecule has 0 bridgehead atoms. The lowest BCUT2D eigenvalue weighted by Gasteiger charge is -2.06. The van der Waals surface area contributed by atoms with Gasteiger partial charge in [0.15, 0.2) is 23.3 Å². The van der Waals surface area contributed by atoms with Gasteiger partial charge in [-0.25, -0.2) is 9.67 Å². The summed E-state index contributed by atoms with van der Waals surface area (Å²) in [5.74, 6) is 0.621. The third kappa shape index (κ3) is 3.43. The molecule has 0 amide bonds. The number of ketones is 1. The predicted molar refractivity (Wildman–Crippen MR) is 97.1 cm³/mol. The first kappa shape index (κ1) is 17.3. The fraction of sp³-hybridized carbons (Fsp3) is 0.111. The second-order valence-corrected chi connectivity index (χ2v) is 5.99. The number of hydrogen-bond acceptors (Lipinski definition) is 8. The lowest BCUT2D eigenvalue weighted by atomic mass is 10.1. The van der Waals surface area contributed by atoms with Crippen molar-refractivity contribution in [1.29, 1.82) is 0 Å². The first-order valence-electron chi connectivity index (χ1n) is 8.37. The van der Waals surface area contributed by atoms with Crippen LogP contribution in [0.3, 0.4) is 0 Å². The van der Waals surface area contributed by atoms with Gasteiger partial charge in [0, 0.05) is 0 Å². The van der Waals surface area contributed by atoms with Crippen LogP contribution in [0.25, 0.3) is 22.8 Å². The van der Waals surface area contributed by atoms with Gasteiger partial charge in [-0.3, -0.25) is 4.79 Å². The molecule has 0 unspecified atom stereocenters. The van der Waals surface area contributed by atoms with Crippen molar-refractivity contribution in [3.63, 3.8) is 0 Å². The number of carbonyl (C=O) groups is 1.